The van der Waals surface area contributed by atoms with Crippen molar-refractivity contribution >= 4 is 50.7 Å². The standard InChI is InChI=1S/C15H10BrCl2NO3/c16-9-6-12-13(22-5-4-21-12)7-11(9)19-15(20)8-2-1-3-10(17)14(8)18/h1-3,6-7H,4-5H2,(H,19,20). The highest BCUT2D eigenvalue weighted by Crippen LogP contribution is 2.38. The fourth-order valence-corrected chi connectivity index (χ4v) is 2.84. The van der Waals surface area contributed by atoms with Gasteiger partial charge in [-0.2, -0.15) is 0 Å². The van der Waals surface area contributed by atoms with Gasteiger partial charge in [0.2, 0.25) is 0 Å². The first-order chi connectivity index (χ1) is 10.6. The summed E-state index contributed by atoms with van der Waals surface area (Å²) in [6.07, 6.45) is 0. The number of rotatable bonds is 2. The minimum absolute atomic E-state index is 0.218. The summed E-state index contributed by atoms with van der Waals surface area (Å²) in [7, 11) is 0. The highest BCUT2D eigenvalue weighted by molar-refractivity contribution is 9.10. The van der Waals surface area contributed by atoms with Gasteiger partial charge in [-0.25, -0.2) is 0 Å². The molecule has 1 heterocycles. The number of halogens is 3. The van der Waals surface area contributed by atoms with Crippen LogP contribution in [0.3, 0.4) is 0 Å². The Bertz CT molecular complexity index is 752. The number of carbonyl (C=O) groups is 1. The first-order valence-corrected chi connectivity index (χ1v) is 7.95. The Labute approximate surface area is 145 Å². The number of carbonyl (C=O) groups excluding carboxylic acids is 1. The molecular formula is C15H10BrCl2NO3. The second-order valence-corrected chi connectivity index (χ2v) is 6.17. The average Bonchev–Trinajstić information content (AvgIpc) is 2.50. The highest BCUT2D eigenvalue weighted by Gasteiger charge is 2.18. The van der Waals surface area contributed by atoms with Gasteiger partial charge >= 0.3 is 0 Å². The Balaban J connectivity index is 1.89. The van der Waals surface area contributed by atoms with Gasteiger partial charge in [0, 0.05) is 16.6 Å². The lowest BCUT2D eigenvalue weighted by molar-refractivity contribution is 0.102. The Morgan fingerprint density at radius 3 is 2.55 bits per heavy atom. The zero-order valence-electron chi connectivity index (χ0n) is 11.2. The van der Waals surface area contributed by atoms with E-state index in [4.69, 9.17) is 32.7 Å². The number of ether oxygens (including phenoxy) is 2. The zero-order chi connectivity index (χ0) is 15.7. The molecule has 2 aromatic carbocycles. The lowest BCUT2D eigenvalue weighted by Gasteiger charge is -2.20. The molecule has 0 bridgehead atoms. The Morgan fingerprint density at radius 1 is 1.14 bits per heavy atom. The second-order valence-electron chi connectivity index (χ2n) is 4.53. The van der Waals surface area contributed by atoms with Crippen LogP contribution in [0.1, 0.15) is 10.4 Å². The van der Waals surface area contributed by atoms with Crippen molar-refractivity contribution in [1.29, 1.82) is 0 Å². The van der Waals surface area contributed by atoms with Crippen LogP contribution < -0.4 is 14.8 Å². The minimum Gasteiger partial charge on any atom is -0.486 e. The number of nitrogens with one attached hydrogen (secondary N) is 1. The molecule has 0 radical (unpaired) electrons. The molecule has 0 atom stereocenters. The molecule has 4 nitrogen and oxygen atoms in total. The third-order valence-corrected chi connectivity index (χ3v) is 4.55. The predicted molar refractivity (Wildman–Crippen MR) is 89.5 cm³/mol. The van der Waals surface area contributed by atoms with Crippen LogP contribution in [0.4, 0.5) is 5.69 Å². The van der Waals surface area contributed by atoms with Crippen LogP contribution >= 0.6 is 39.1 Å². The summed E-state index contributed by atoms with van der Waals surface area (Å²) in [6.45, 7) is 0.978. The van der Waals surface area contributed by atoms with E-state index in [9.17, 15) is 4.79 Å². The molecule has 114 valence electrons. The van der Waals surface area contributed by atoms with Crippen LogP contribution in [0.5, 0.6) is 11.5 Å². The van der Waals surface area contributed by atoms with Gasteiger partial charge in [-0.3, -0.25) is 4.79 Å². The molecule has 1 aliphatic heterocycles. The van der Waals surface area contributed by atoms with Crippen molar-refractivity contribution in [2.45, 2.75) is 0 Å². The molecule has 0 saturated heterocycles. The number of hydrogen-bond donors (Lipinski definition) is 1. The van der Waals surface area contributed by atoms with E-state index in [0.29, 0.717) is 45.5 Å². The molecule has 0 aliphatic carbocycles. The van der Waals surface area contributed by atoms with Gasteiger partial charge in [0.1, 0.15) is 13.2 Å². The van der Waals surface area contributed by atoms with Gasteiger partial charge in [-0.15, -0.1) is 0 Å². The number of anilines is 1. The monoisotopic (exact) mass is 401 g/mol. The van der Waals surface area contributed by atoms with E-state index in [1.54, 1.807) is 30.3 Å². The molecule has 1 amide bonds. The summed E-state index contributed by atoms with van der Waals surface area (Å²) >= 11 is 15.4. The van der Waals surface area contributed by atoms with E-state index in [2.05, 4.69) is 21.2 Å². The second kappa shape index (κ2) is 6.36. The van der Waals surface area contributed by atoms with Crippen LogP contribution in [0.2, 0.25) is 10.0 Å². The summed E-state index contributed by atoms with van der Waals surface area (Å²) in [5.74, 6) is 0.865. The summed E-state index contributed by atoms with van der Waals surface area (Å²) in [5.41, 5.74) is 0.862. The third-order valence-electron chi connectivity index (χ3n) is 3.08. The van der Waals surface area contributed by atoms with Gasteiger partial charge in [-0.1, -0.05) is 29.3 Å². The molecule has 0 saturated carbocycles. The lowest BCUT2D eigenvalue weighted by Crippen LogP contribution is -2.17. The Hall–Kier alpha value is -1.43. The fraction of sp³-hybridized carbons (Fsp3) is 0.133. The van der Waals surface area contributed by atoms with Gasteiger partial charge in [-0.05, 0) is 28.1 Å². The molecule has 22 heavy (non-hydrogen) atoms. The smallest absolute Gasteiger partial charge is 0.257 e. The molecular weight excluding hydrogens is 393 g/mol. The SMILES string of the molecule is O=C(Nc1cc2c(cc1Br)OCCO2)c1cccc(Cl)c1Cl. The van der Waals surface area contributed by atoms with Gasteiger partial charge in [0.15, 0.2) is 11.5 Å². The van der Waals surface area contributed by atoms with E-state index < -0.39 is 0 Å². The quantitative estimate of drug-likeness (QED) is 0.786. The first-order valence-electron chi connectivity index (χ1n) is 6.41. The van der Waals surface area contributed by atoms with Gasteiger partial charge < -0.3 is 14.8 Å². The maximum absolute atomic E-state index is 12.4. The maximum Gasteiger partial charge on any atom is 0.257 e. The summed E-state index contributed by atoms with van der Waals surface area (Å²) in [5, 5.41) is 3.33. The van der Waals surface area contributed by atoms with E-state index in [0.717, 1.165) is 0 Å². The van der Waals surface area contributed by atoms with Crippen molar-refractivity contribution in [2.75, 3.05) is 18.5 Å². The lowest BCUT2D eigenvalue weighted by atomic mass is 10.2. The maximum atomic E-state index is 12.4. The molecule has 0 aromatic heterocycles. The van der Waals surface area contributed by atoms with Crippen molar-refractivity contribution in [1.82, 2.24) is 0 Å². The average molecular weight is 403 g/mol. The van der Waals surface area contributed by atoms with Crippen molar-refractivity contribution in [3.8, 4) is 11.5 Å². The van der Waals surface area contributed by atoms with Gasteiger partial charge in [0.25, 0.3) is 5.91 Å². The molecule has 0 spiro atoms. The molecule has 1 aliphatic rings. The number of benzene rings is 2. The normalized spacial score (nSPS) is 12.9. The van der Waals surface area contributed by atoms with E-state index >= 15 is 0 Å². The van der Waals surface area contributed by atoms with Crippen LogP contribution in [-0.2, 0) is 0 Å². The summed E-state index contributed by atoms with van der Waals surface area (Å²) in [6, 6.07) is 8.36. The Kier molecular flexibility index (Phi) is 4.47. The zero-order valence-corrected chi connectivity index (χ0v) is 14.3. The van der Waals surface area contributed by atoms with Gasteiger partial charge in [0.05, 0.1) is 21.3 Å². The van der Waals surface area contributed by atoms with E-state index in [-0.39, 0.29) is 10.9 Å². The topological polar surface area (TPSA) is 47.6 Å². The number of fused-ring (bicyclic) bond motifs is 1. The van der Waals surface area contributed by atoms with E-state index in [1.807, 2.05) is 0 Å². The largest absolute Gasteiger partial charge is 0.486 e. The summed E-state index contributed by atoms with van der Waals surface area (Å²) in [4.78, 5) is 12.4. The van der Waals surface area contributed by atoms with Crippen LogP contribution in [0.25, 0.3) is 0 Å². The predicted octanol–water partition coefficient (Wildman–Crippen LogP) is 4.78. The van der Waals surface area contributed by atoms with Crippen molar-refractivity contribution in [2.24, 2.45) is 0 Å². The molecule has 0 fully saturated rings. The number of hydrogen-bond acceptors (Lipinski definition) is 3. The van der Waals surface area contributed by atoms with Crippen molar-refractivity contribution in [3.63, 3.8) is 0 Å². The fourth-order valence-electron chi connectivity index (χ4n) is 2.03. The molecule has 1 N–H and O–H groups in total. The van der Waals surface area contributed by atoms with Crippen LogP contribution in [0, 0.1) is 0 Å². The molecule has 2 aromatic rings. The number of amides is 1. The van der Waals surface area contributed by atoms with Crippen LogP contribution in [-0.4, -0.2) is 19.1 Å². The minimum atomic E-state index is -0.357. The van der Waals surface area contributed by atoms with Crippen LogP contribution in [0.15, 0.2) is 34.8 Å². The van der Waals surface area contributed by atoms with E-state index in [1.165, 1.54) is 0 Å². The molecule has 3 rings (SSSR count). The van der Waals surface area contributed by atoms with Crippen molar-refractivity contribution in [3.05, 3.63) is 50.4 Å². The Morgan fingerprint density at radius 2 is 1.82 bits per heavy atom. The molecule has 0 unspecified atom stereocenters. The summed E-state index contributed by atoms with van der Waals surface area (Å²) < 4.78 is 11.7. The third kappa shape index (κ3) is 3.02. The first kappa shape index (κ1) is 15.5. The highest BCUT2D eigenvalue weighted by atomic mass is 79.9. The van der Waals surface area contributed by atoms with Crippen molar-refractivity contribution < 1.29 is 14.3 Å². The molecule has 7 heteroatoms.